The molecule has 2 N–H and O–H groups in total. The Hall–Kier alpha value is -5.31. The van der Waals surface area contributed by atoms with Gasteiger partial charge in [0.1, 0.15) is 11.2 Å². The van der Waals surface area contributed by atoms with Crippen LogP contribution in [0.1, 0.15) is 63.0 Å². The van der Waals surface area contributed by atoms with Gasteiger partial charge in [0, 0.05) is 18.0 Å². The molecule has 0 spiro atoms. The third kappa shape index (κ3) is 7.16. The lowest BCUT2D eigenvalue weighted by Crippen LogP contribution is -2.47. The fourth-order valence-electron chi connectivity index (χ4n) is 6.55. The quantitative estimate of drug-likeness (QED) is 0.0687. The second kappa shape index (κ2) is 14.5. The second-order valence-electron chi connectivity index (χ2n) is 14.9. The van der Waals surface area contributed by atoms with Crippen molar-refractivity contribution in [2.75, 3.05) is 10.4 Å². The van der Waals surface area contributed by atoms with Crippen LogP contribution in [0.15, 0.2) is 164 Å². The van der Waals surface area contributed by atoms with Crippen molar-refractivity contribution in [1.29, 1.82) is 0 Å². The van der Waals surface area contributed by atoms with E-state index in [4.69, 9.17) is 0 Å². The van der Waals surface area contributed by atoms with Crippen molar-refractivity contribution in [2.24, 2.45) is 0 Å². The fourth-order valence-corrected chi connectivity index (χ4v) is 10.9. The van der Waals surface area contributed by atoms with Crippen LogP contribution in [0.5, 0.6) is 5.75 Å². The summed E-state index contributed by atoms with van der Waals surface area (Å²) in [6.45, 7) is 9.87. The van der Waals surface area contributed by atoms with Crippen molar-refractivity contribution in [2.45, 2.75) is 52.4 Å². The number of phenolic OH excluding ortho intramolecular Hbond substituents is 1. The van der Waals surface area contributed by atoms with Gasteiger partial charge in [-0.05, 0) is 50.5 Å². The third-order valence-electron chi connectivity index (χ3n) is 9.23. The average molecular weight is 691 g/mol. The first-order valence-corrected chi connectivity index (χ1v) is 19.2. The van der Waals surface area contributed by atoms with Crippen LogP contribution >= 0.6 is 6.89 Å². The van der Waals surface area contributed by atoms with E-state index in [2.05, 4.69) is 126 Å². The molecule has 4 nitrogen and oxygen atoms in total. The zero-order valence-corrected chi connectivity index (χ0v) is 31.2. The van der Waals surface area contributed by atoms with Crippen LogP contribution in [0.25, 0.3) is 0 Å². The average Bonchev–Trinajstić information content (AvgIpc) is 3.14. The third-order valence-corrected chi connectivity index (χ3v) is 13.5. The number of Topliss-reactive ketones (excluding diaryl/α,β-unsaturated/α-hetero) is 1. The molecule has 258 valence electrons. The summed E-state index contributed by atoms with van der Waals surface area (Å²) in [6, 6.07) is 54.8. The summed E-state index contributed by atoms with van der Waals surface area (Å²) in [7, 11) is 0. The van der Waals surface area contributed by atoms with E-state index in [1.165, 1.54) is 0 Å². The van der Waals surface area contributed by atoms with E-state index in [0.29, 0.717) is 16.7 Å². The molecule has 0 bridgehead atoms. The van der Waals surface area contributed by atoms with E-state index >= 15 is 4.79 Å². The Morgan fingerprint density at radius 3 is 1.39 bits per heavy atom. The Bertz CT molecular complexity index is 2050. The van der Waals surface area contributed by atoms with Crippen LogP contribution in [0.4, 0.5) is 11.4 Å². The monoisotopic (exact) mass is 690 g/mol. The van der Waals surface area contributed by atoms with Gasteiger partial charge < -0.3 is 5.11 Å². The molecular weight excluding hydrogens is 643 g/mol. The lowest BCUT2D eigenvalue weighted by Gasteiger charge is -2.39. The fraction of sp³-hybridized carbons (Fsp3) is 0.174. The second-order valence-corrected chi connectivity index (χ2v) is 18.2. The predicted molar refractivity (Wildman–Crippen MR) is 219 cm³/mol. The van der Waals surface area contributed by atoms with Gasteiger partial charge in [-0.1, -0.05) is 187 Å². The molecule has 6 rings (SSSR count). The van der Waals surface area contributed by atoms with Gasteiger partial charge in [-0.15, -0.1) is 0 Å². The number of ketones is 1. The number of anilines is 2. The molecule has 0 saturated heterocycles. The maximum atomic E-state index is 15.7. The van der Waals surface area contributed by atoms with E-state index in [0.717, 1.165) is 32.7 Å². The van der Waals surface area contributed by atoms with Crippen molar-refractivity contribution >= 4 is 45.4 Å². The van der Waals surface area contributed by atoms with Gasteiger partial charge >= 0.3 is 0 Å². The maximum Gasteiger partial charge on any atom is 0.212 e. The van der Waals surface area contributed by atoms with Gasteiger partial charge in [0.25, 0.3) is 0 Å². The van der Waals surface area contributed by atoms with Crippen molar-refractivity contribution in [3.05, 3.63) is 180 Å². The van der Waals surface area contributed by atoms with Crippen molar-refractivity contribution in [3.8, 4) is 5.75 Å². The molecule has 0 atom stereocenters. The minimum Gasteiger partial charge on any atom is -0.505 e. The SMILES string of the molecule is CC(C)(C)c1cc(NN(C(C(=O)c2ccccc2)=P(c2ccccc2)(c2ccccc2)c2ccccc2)c2ccccc2)c(O)c(C(C)(C)C)c1. The Balaban J connectivity index is 1.84. The number of rotatable bonds is 9. The number of nitrogens with one attached hydrogen (secondary N) is 1. The highest BCUT2D eigenvalue weighted by atomic mass is 31.2. The highest BCUT2D eigenvalue weighted by molar-refractivity contribution is 7.96. The van der Waals surface area contributed by atoms with Gasteiger partial charge in [0.2, 0.25) is 5.78 Å². The number of hydrogen-bond acceptors (Lipinski definition) is 3. The standard InChI is InChI=1S/C46H47N2O2P/c1-45(2,3)35-32-40(46(4,5)6)43(50)41(33-35)47-48(36-24-14-8-15-25-36)44(42(49)34-22-12-7-13-23-34)51(37-26-16-9-17-27-37,38-28-18-10-19-29-38)39-30-20-11-21-31-39/h7-33,47,50H,1-6H3. The van der Waals surface area contributed by atoms with E-state index < -0.39 is 6.89 Å². The summed E-state index contributed by atoms with van der Waals surface area (Å²) >= 11 is 0. The number of para-hydroxylation sites is 1. The van der Waals surface area contributed by atoms with E-state index in [1.807, 2.05) is 89.9 Å². The Labute approximate surface area is 303 Å². The van der Waals surface area contributed by atoms with Crippen LogP contribution in [0.3, 0.4) is 0 Å². The highest BCUT2D eigenvalue weighted by Crippen LogP contribution is 2.49. The van der Waals surface area contributed by atoms with Gasteiger partial charge in [-0.3, -0.25) is 15.2 Å². The summed E-state index contributed by atoms with van der Waals surface area (Å²) in [5.74, 6) is 0.0466. The molecule has 0 heterocycles. The topological polar surface area (TPSA) is 52.6 Å². The van der Waals surface area contributed by atoms with Gasteiger partial charge in [-0.2, -0.15) is 0 Å². The van der Waals surface area contributed by atoms with Crippen LogP contribution in [0.2, 0.25) is 0 Å². The molecule has 0 saturated carbocycles. The van der Waals surface area contributed by atoms with E-state index in [-0.39, 0.29) is 22.4 Å². The molecular formula is C46H47N2O2P. The highest BCUT2D eigenvalue weighted by Gasteiger charge is 2.38. The zero-order chi connectivity index (χ0) is 36.2. The molecule has 51 heavy (non-hydrogen) atoms. The molecule has 0 aliphatic rings. The summed E-state index contributed by atoms with van der Waals surface area (Å²) in [5.41, 5.74) is 7.50. The molecule has 6 aromatic rings. The van der Waals surface area contributed by atoms with E-state index in [1.54, 1.807) is 0 Å². The van der Waals surface area contributed by atoms with Crippen LogP contribution < -0.4 is 26.3 Å². The summed E-state index contributed by atoms with van der Waals surface area (Å²) < 4.78 is 0. The first kappa shape index (κ1) is 35.5. The van der Waals surface area contributed by atoms with Crippen molar-refractivity contribution in [1.82, 2.24) is 0 Å². The number of nitrogens with zero attached hydrogens (tertiary/aromatic N) is 1. The maximum absolute atomic E-state index is 15.7. The predicted octanol–water partition coefficient (Wildman–Crippen LogP) is 9.83. The minimum atomic E-state index is -3.00. The van der Waals surface area contributed by atoms with Crippen LogP contribution in [0, 0.1) is 0 Å². The summed E-state index contributed by atoms with van der Waals surface area (Å²) in [4.78, 5) is 15.7. The first-order chi connectivity index (χ1) is 24.4. The molecule has 0 aromatic heterocycles. The number of hydrogen-bond donors (Lipinski definition) is 2. The number of hydrazine groups is 1. The zero-order valence-electron chi connectivity index (χ0n) is 30.3. The lowest BCUT2D eigenvalue weighted by molar-refractivity contribution is 0.106. The number of carbonyl (C=O) groups is 1. The summed E-state index contributed by atoms with van der Waals surface area (Å²) in [5, 5.41) is 17.2. The van der Waals surface area contributed by atoms with Gasteiger partial charge in [-0.25, -0.2) is 0 Å². The Morgan fingerprint density at radius 1 is 0.569 bits per heavy atom. The summed E-state index contributed by atoms with van der Waals surface area (Å²) in [6.07, 6.45) is 0. The first-order valence-electron chi connectivity index (χ1n) is 17.5. The number of phenols is 1. The molecule has 0 radical (unpaired) electrons. The molecule has 0 aliphatic heterocycles. The molecule has 0 fully saturated rings. The Kier molecular flexibility index (Phi) is 10.1. The largest absolute Gasteiger partial charge is 0.505 e. The molecule has 6 aromatic carbocycles. The minimum absolute atomic E-state index is 0.112. The number of carbonyl (C=O) groups excluding carboxylic acids is 1. The smallest absolute Gasteiger partial charge is 0.212 e. The number of aromatic hydroxyl groups is 1. The van der Waals surface area contributed by atoms with Crippen molar-refractivity contribution in [3.63, 3.8) is 0 Å². The molecule has 0 amide bonds. The Morgan fingerprint density at radius 2 is 0.980 bits per heavy atom. The van der Waals surface area contributed by atoms with Crippen molar-refractivity contribution < 1.29 is 9.90 Å². The van der Waals surface area contributed by atoms with Crippen LogP contribution in [-0.2, 0) is 10.8 Å². The molecule has 0 unspecified atom stereocenters. The van der Waals surface area contributed by atoms with Gasteiger partial charge in [0.15, 0.2) is 0 Å². The lowest BCUT2D eigenvalue weighted by atomic mass is 9.80. The van der Waals surface area contributed by atoms with E-state index in [9.17, 15) is 5.11 Å². The van der Waals surface area contributed by atoms with Gasteiger partial charge in [0.05, 0.1) is 11.4 Å². The molecule has 0 aliphatic carbocycles. The molecule has 5 heteroatoms. The van der Waals surface area contributed by atoms with Crippen LogP contribution in [-0.4, -0.2) is 16.3 Å². The normalized spacial score (nSPS) is 11.9. The number of benzene rings is 6.